The van der Waals surface area contributed by atoms with Gasteiger partial charge in [-0.25, -0.2) is 4.98 Å². The lowest BCUT2D eigenvalue weighted by molar-refractivity contribution is 0.450. The lowest BCUT2D eigenvalue weighted by Crippen LogP contribution is -1.81. The molecule has 0 spiro atoms. The van der Waals surface area contributed by atoms with E-state index in [1.807, 2.05) is 24.3 Å². The number of nitrogens with zero attached hydrogens (tertiary/aromatic N) is 2. The molecule has 2 N–H and O–H groups in total. The van der Waals surface area contributed by atoms with E-state index in [0.717, 1.165) is 10.2 Å². The highest BCUT2D eigenvalue weighted by molar-refractivity contribution is 7.19. The fourth-order valence-corrected chi connectivity index (χ4v) is 2.87. The Labute approximate surface area is 124 Å². The van der Waals surface area contributed by atoms with Crippen molar-refractivity contribution in [3.8, 4) is 17.6 Å². The zero-order valence-corrected chi connectivity index (χ0v) is 11.6. The van der Waals surface area contributed by atoms with E-state index >= 15 is 0 Å². The summed E-state index contributed by atoms with van der Waals surface area (Å²) in [6, 6.07) is 14.0. The van der Waals surface area contributed by atoms with Crippen LogP contribution in [-0.2, 0) is 0 Å². The van der Waals surface area contributed by atoms with Crippen LogP contribution in [0.1, 0.15) is 10.6 Å². The third-order valence-corrected chi connectivity index (χ3v) is 4.03. The van der Waals surface area contributed by atoms with Gasteiger partial charge in [-0.15, -0.1) is 11.3 Å². The van der Waals surface area contributed by atoms with Crippen molar-refractivity contribution in [2.45, 2.75) is 0 Å². The number of rotatable bonds is 2. The highest BCUT2D eigenvalue weighted by atomic mass is 32.1. The molecule has 0 radical (unpaired) electrons. The maximum atomic E-state index is 9.79. The lowest BCUT2D eigenvalue weighted by Gasteiger charge is -2.00. The van der Waals surface area contributed by atoms with Gasteiger partial charge in [0.25, 0.3) is 0 Å². The summed E-state index contributed by atoms with van der Waals surface area (Å²) < 4.78 is 1.00. The Morgan fingerprint density at radius 1 is 1.19 bits per heavy atom. The molecule has 0 aliphatic heterocycles. The molecule has 0 saturated heterocycles. The molecule has 3 aromatic rings. The van der Waals surface area contributed by atoms with E-state index in [0.29, 0.717) is 16.1 Å². The highest BCUT2D eigenvalue weighted by Gasteiger charge is 2.09. The van der Waals surface area contributed by atoms with Crippen molar-refractivity contribution in [3.63, 3.8) is 0 Å². The summed E-state index contributed by atoms with van der Waals surface area (Å²) in [5.41, 5.74) is 1.68. The van der Waals surface area contributed by atoms with Gasteiger partial charge in [-0.05, 0) is 30.3 Å². The number of aromatic nitrogens is 1. The van der Waals surface area contributed by atoms with Crippen LogP contribution in [0, 0.1) is 11.3 Å². The van der Waals surface area contributed by atoms with E-state index in [-0.39, 0.29) is 11.5 Å². The number of allylic oxidation sites excluding steroid dienone is 1. The van der Waals surface area contributed by atoms with E-state index in [9.17, 15) is 15.5 Å². The van der Waals surface area contributed by atoms with Crippen molar-refractivity contribution in [1.29, 1.82) is 5.26 Å². The van der Waals surface area contributed by atoms with E-state index < -0.39 is 0 Å². The maximum Gasteiger partial charge on any atom is 0.135 e. The summed E-state index contributed by atoms with van der Waals surface area (Å²) in [5.74, 6) is -0.105. The minimum atomic E-state index is -0.0798. The molecule has 21 heavy (non-hydrogen) atoms. The number of hydrogen-bond acceptors (Lipinski definition) is 5. The standard InChI is InChI=1S/C16H10N2O2S/c17-9-11(7-10-5-6-12(19)8-14(10)20)16-18-13-3-1-2-4-15(13)21-16/h1-8,19-20H. The third-order valence-electron chi connectivity index (χ3n) is 2.96. The summed E-state index contributed by atoms with van der Waals surface area (Å²) in [7, 11) is 0. The Bertz CT molecular complexity index is 858. The predicted octanol–water partition coefficient (Wildman–Crippen LogP) is 3.77. The molecule has 0 unspecified atom stereocenters. The number of nitriles is 1. The number of phenols is 2. The molecule has 0 saturated carbocycles. The van der Waals surface area contributed by atoms with Crippen molar-refractivity contribution in [2.24, 2.45) is 0 Å². The predicted molar refractivity (Wildman–Crippen MR) is 82.9 cm³/mol. The molecule has 0 aliphatic carbocycles. The van der Waals surface area contributed by atoms with Crippen molar-refractivity contribution in [2.75, 3.05) is 0 Å². The van der Waals surface area contributed by atoms with Crippen molar-refractivity contribution < 1.29 is 10.2 Å². The zero-order chi connectivity index (χ0) is 14.8. The molecule has 5 heteroatoms. The van der Waals surface area contributed by atoms with Crippen LogP contribution in [0.4, 0.5) is 0 Å². The molecule has 2 aromatic carbocycles. The summed E-state index contributed by atoms with van der Waals surface area (Å²) in [5, 5.41) is 29.0. The number of aromatic hydroxyl groups is 2. The van der Waals surface area contributed by atoms with Crippen LogP contribution in [0.15, 0.2) is 42.5 Å². The van der Waals surface area contributed by atoms with Crippen molar-refractivity contribution in [1.82, 2.24) is 4.98 Å². The van der Waals surface area contributed by atoms with Gasteiger partial charge >= 0.3 is 0 Å². The number of thiazole rings is 1. The highest BCUT2D eigenvalue weighted by Crippen LogP contribution is 2.30. The summed E-state index contributed by atoms with van der Waals surface area (Å²) in [6.45, 7) is 0. The van der Waals surface area contributed by atoms with Crippen LogP contribution >= 0.6 is 11.3 Å². The van der Waals surface area contributed by atoms with Crippen LogP contribution < -0.4 is 0 Å². The zero-order valence-electron chi connectivity index (χ0n) is 10.8. The fourth-order valence-electron chi connectivity index (χ4n) is 1.94. The molecule has 1 aromatic heterocycles. The van der Waals surface area contributed by atoms with Crippen LogP contribution in [0.3, 0.4) is 0 Å². The molecule has 3 rings (SSSR count). The SMILES string of the molecule is N#CC(=Cc1ccc(O)cc1O)c1nc2ccccc2s1. The molecule has 102 valence electrons. The monoisotopic (exact) mass is 294 g/mol. The van der Waals surface area contributed by atoms with Gasteiger partial charge in [0.1, 0.15) is 22.6 Å². The first-order valence-corrected chi connectivity index (χ1v) is 6.99. The van der Waals surface area contributed by atoms with Gasteiger partial charge in [-0.3, -0.25) is 0 Å². The first kappa shape index (κ1) is 13.2. The normalized spacial score (nSPS) is 11.5. The minimum absolute atomic E-state index is 0.0249. The smallest absolute Gasteiger partial charge is 0.135 e. The Kier molecular flexibility index (Phi) is 3.30. The lowest BCUT2D eigenvalue weighted by atomic mass is 10.1. The molecule has 4 nitrogen and oxygen atoms in total. The molecule has 0 bridgehead atoms. The van der Waals surface area contributed by atoms with Gasteiger partial charge in [0.05, 0.1) is 15.8 Å². The van der Waals surface area contributed by atoms with Crippen LogP contribution in [0.5, 0.6) is 11.5 Å². The van der Waals surface area contributed by atoms with Gasteiger partial charge < -0.3 is 10.2 Å². The average molecular weight is 294 g/mol. The van der Waals surface area contributed by atoms with Crippen LogP contribution in [0.2, 0.25) is 0 Å². The number of phenolic OH excluding ortho intramolecular Hbond substituents is 2. The minimum Gasteiger partial charge on any atom is -0.508 e. The quantitative estimate of drug-likeness (QED) is 0.705. The number of hydrogen-bond donors (Lipinski definition) is 2. The summed E-state index contributed by atoms with van der Waals surface area (Å²) in [4.78, 5) is 4.42. The van der Waals surface area contributed by atoms with Gasteiger partial charge in [-0.1, -0.05) is 12.1 Å². The Balaban J connectivity index is 2.09. The Hall–Kier alpha value is -2.84. The second kappa shape index (κ2) is 5.27. The third kappa shape index (κ3) is 2.57. The Morgan fingerprint density at radius 2 is 2.00 bits per heavy atom. The summed E-state index contributed by atoms with van der Waals surface area (Å²) in [6.07, 6.45) is 1.56. The topological polar surface area (TPSA) is 77.1 Å². The molecule has 0 fully saturated rings. The van der Waals surface area contributed by atoms with E-state index in [1.54, 1.807) is 12.1 Å². The van der Waals surface area contributed by atoms with Gasteiger partial charge in [0, 0.05) is 11.6 Å². The van der Waals surface area contributed by atoms with Crippen LogP contribution in [0.25, 0.3) is 21.9 Å². The molecule has 0 amide bonds. The second-order valence-corrected chi connectivity index (χ2v) is 5.43. The van der Waals surface area contributed by atoms with E-state index in [1.165, 1.54) is 23.5 Å². The van der Waals surface area contributed by atoms with E-state index in [4.69, 9.17) is 0 Å². The van der Waals surface area contributed by atoms with Gasteiger partial charge in [-0.2, -0.15) is 5.26 Å². The largest absolute Gasteiger partial charge is 0.508 e. The van der Waals surface area contributed by atoms with Crippen molar-refractivity contribution >= 4 is 33.2 Å². The van der Waals surface area contributed by atoms with Gasteiger partial charge in [0.15, 0.2) is 0 Å². The first-order valence-electron chi connectivity index (χ1n) is 6.17. The first-order chi connectivity index (χ1) is 10.2. The molecular formula is C16H10N2O2S. The summed E-state index contributed by atoms with van der Waals surface area (Å²) >= 11 is 1.43. The van der Waals surface area contributed by atoms with E-state index in [2.05, 4.69) is 11.1 Å². The Morgan fingerprint density at radius 3 is 2.71 bits per heavy atom. The number of para-hydroxylation sites is 1. The van der Waals surface area contributed by atoms with Crippen molar-refractivity contribution in [3.05, 3.63) is 53.0 Å². The molecular weight excluding hydrogens is 284 g/mol. The van der Waals surface area contributed by atoms with Gasteiger partial charge in [0.2, 0.25) is 0 Å². The molecule has 0 atom stereocenters. The fraction of sp³-hybridized carbons (Fsp3) is 0. The second-order valence-electron chi connectivity index (χ2n) is 4.40. The average Bonchev–Trinajstić information content (AvgIpc) is 2.90. The molecule has 0 aliphatic rings. The molecule has 1 heterocycles. The number of benzene rings is 2. The van der Waals surface area contributed by atoms with Crippen LogP contribution in [-0.4, -0.2) is 15.2 Å². The maximum absolute atomic E-state index is 9.79. The number of fused-ring (bicyclic) bond motifs is 1.